The third-order valence-corrected chi connectivity index (χ3v) is 2.45. The molecule has 0 saturated carbocycles. The van der Waals surface area contributed by atoms with Crippen LogP contribution >= 0.6 is 23.2 Å². The number of halogens is 2. The Balaban J connectivity index is 3.23. The molecule has 0 spiro atoms. The van der Waals surface area contributed by atoms with Crippen LogP contribution in [-0.4, -0.2) is 8.76 Å². The molecule has 0 saturated heterocycles. The van der Waals surface area contributed by atoms with Gasteiger partial charge < -0.3 is 4.55 Å². The van der Waals surface area contributed by atoms with E-state index in [9.17, 15) is 8.76 Å². The van der Waals surface area contributed by atoms with Crippen molar-refractivity contribution >= 4 is 34.3 Å². The topological polar surface area (TPSA) is 40.1 Å². The van der Waals surface area contributed by atoms with Gasteiger partial charge in [0.05, 0.1) is 5.02 Å². The smallest absolute Gasteiger partial charge is 0.0557 e. The molecule has 1 atom stereocenters. The summed E-state index contributed by atoms with van der Waals surface area (Å²) in [6.07, 6.45) is 0. The predicted molar refractivity (Wildman–Crippen MR) is 43.6 cm³/mol. The lowest BCUT2D eigenvalue weighted by atomic mass is 10.4. The molecular formula is C6H3Cl2O2S-. The molecule has 0 bridgehead atoms. The Bertz CT molecular complexity index is 301. The zero-order chi connectivity index (χ0) is 8.43. The van der Waals surface area contributed by atoms with E-state index in [0.717, 1.165) is 0 Å². The molecular weight excluding hydrogens is 207 g/mol. The van der Waals surface area contributed by atoms with Gasteiger partial charge in [-0.1, -0.05) is 23.2 Å². The van der Waals surface area contributed by atoms with E-state index >= 15 is 0 Å². The maximum Gasteiger partial charge on any atom is 0.0557 e. The standard InChI is InChI=1S/C6H4Cl2O2S/c7-4-1-2-5(8)6(3-4)11(9)10/h1-3H,(H,9,10)/p-1. The van der Waals surface area contributed by atoms with Crippen LogP contribution in [0, 0.1) is 0 Å². The van der Waals surface area contributed by atoms with Crippen LogP contribution in [0.15, 0.2) is 23.1 Å². The highest BCUT2D eigenvalue weighted by atomic mass is 35.5. The van der Waals surface area contributed by atoms with E-state index in [2.05, 4.69) is 0 Å². The molecule has 0 aliphatic carbocycles. The van der Waals surface area contributed by atoms with Gasteiger partial charge in [-0.2, -0.15) is 0 Å². The summed E-state index contributed by atoms with van der Waals surface area (Å²) in [7, 11) is 0. The Morgan fingerprint density at radius 3 is 2.45 bits per heavy atom. The van der Waals surface area contributed by atoms with E-state index in [-0.39, 0.29) is 9.92 Å². The van der Waals surface area contributed by atoms with Gasteiger partial charge in [0.2, 0.25) is 0 Å². The van der Waals surface area contributed by atoms with Crippen molar-refractivity contribution < 1.29 is 8.76 Å². The Hall–Kier alpha value is -0.0900. The van der Waals surface area contributed by atoms with Crippen molar-refractivity contribution in [1.82, 2.24) is 0 Å². The Morgan fingerprint density at radius 1 is 1.36 bits per heavy atom. The summed E-state index contributed by atoms with van der Waals surface area (Å²) in [6.45, 7) is 0. The van der Waals surface area contributed by atoms with E-state index in [1.165, 1.54) is 18.2 Å². The van der Waals surface area contributed by atoms with Gasteiger partial charge in [0.15, 0.2) is 0 Å². The minimum atomic E-state index is -2.32. The van der Waals surface area contributed by atoms with Crippen LogP contribution in [0.5, 0.6) is 0 Å². The van der Waals surface area contributed by atoms with E-state index < -0.39 is 11.1 Å². The normalized spacial score (nSPS) is 13.0. The zero-order valence-electron chi connectivity index (χ0n) is 5.21. The fraction of sp³-hybridized carbons (Fsp3) is 0. The Kier molecular flexibility index (Phi) is 2.90. The molecule has 0 amide bonds. The van der Waals surface area contributed by atoms with Crippen LogP contribution in [0.2, 0.25) is 10.0 Å². The Labute approximate surface area is 76.4 Å². The molecule has 60 valence electrons. The Morgan fingerprint density at radius 2 is 2.00 bits per heavy atom. The van der Waals surface area contributed by atoms with Crippen LogP contribution in [0.4, 0.5) is 0 Å². The second-order valence-corrected chi connectivity index (χ2v) is 3.56. The maximum absolute atomic E-state index is 10.4. The van der Waals surface area contributed by atoms with Crippen molar-refractivity contribution in [3.8, 4) is 0 Å². The summed E-state index contributed by atoms with van der Waals surface area (Å²) in [4.78, 5) is 0.0270. The van der Waals surface area contributed by atoms with E-state index in [4.69, 9.17) is 23.2 Å². The number of rotatable bonds is 1. The van der Waals surface area contributed by atoms with Gasteiger partial charge in [0.25, 0.3) is 0 Å². The van der Waals surface area contributed by atoms with Crippen molar-refractivity contribution in [3.63, 3.8) is 0 Å². The van der Waals surface area contributed by atoms with Crippen molar-refractivity contribution in [3.05, 3.63) is 28.2 Å². The summed E-state index contributed by atoms with van der Waals surface area (Å²) in [5.74, 6) is 0. The minimum absolute atomic E-state index is 0.0270. The van der Waals surface area contributed by atoms with Crippen molar-refractivity contribution in [2.75, 3.05) is 0 Å². The molecule has 5 heteroatoms. The zero-order valence-corrected chi connectivity index (χ0v) is 7.54. The maximum atomic E-state index is 10.4. The van der Waals surface area contributed by atoms with E-state index in [0.29, 0.717) is 5.02 Å². The molecule has 1 aromatic carbocycles. The predicted octanol–water partition coefficient (Wildman–Crippen LogP) is 2.23. The fourth-order valence-electron chi connectivity index (χ4n) is 0.605. The highest BCUT2D eigenvalue weighted by Crippen LogP contribution is 2.22. The lowest BCUT2D eigenvalue weighted by Gasteiger charge is -2.06. The first kappa shape index (κ1) is 9.00. The summed E-state index contributed by atoms with van der Waals surface area (Å²) in [5, 5.41) is 0.538. The molecule has 0 aliphatic heterocycles. The first-order valence-electron chi connectivity index (χ1n) is 2.65. The van der Waals surface area contributed by atoms with Crippen LogP contribution < -0.4 is 0 Å². The summed E-state index contributed by atoms with van der Waals surface area (Å²) in [6, 6.07) is 4.27. The fourth-order valence-corrected chi connectivity index (χ4v) is 1.60. The van der Waals surface area contributed by atoms with Gasteiger partial charge in [0.1, 0.15) is 0 Å². The average Bonchev–Trinajstić information content (AvgIpc) is 1.94. The minimum Gasteiger partial charge on any atom is -0.768 e. The van der Waals surface area contributed by atoms with Crippen molar-refractivity contribution in [2.45, 2.75) is 4.90 Å². The van der Waals surface area contributed by atoms with Crippen molar-refractivity contribution in [2.24, 2.45) is 0 Å². The third-order valence-electron chi connectivity index (χ3n) is 1.07. The molecule has 1 aromatic rings. The monoisotopic (exact) mass is 209 g/mol. The lowest BCUT2D eigenvalue weighted by Crippen LogP contribution is -1.89. The van der Waals surface area contributed by atoms with Gasteiger partial charge in [-0.3, -0.25) is 4.21 Å². The molecule has 1 rings (SSSR count). The molecule has 0 heterocycles. The highest BCUT2D eigenvalue weighted by Gasteiger charge is 2.00. The van der Waals surface area contributed by atoms with Gasteiger partial charge in [-0.15, -0.1) is 0 Å². The van der Waals surface area contributed by atoms with Gasteiger partial charge >= 0.3 is 0 Å². The van der Waals surface area contributed by atoms with Crippen LogP contribution in [0.3, 0.4) is 0 Å². The summed E-state index contributed by atoms with van der Waals surface area (Å²) in [5.41, 5.74) is 0. The summed E-state index contributed by atoms with van der Waals surface area (Å²) < 4.78 is 20.9. The van der Waals surface area contributed by atoms with Crippen LogP contribution in [-0.2, 0) is 11.1 Å². The highest BCUT2D eigenvalue weighted by molar-refractivity contribution is 7.79. The van der Waals surface area contributed by atoms with E-state index in [1.807, 2.05) is 0 Å². The quantitative estimate of drug-likeness (QED) is 0.666. The van der Waals surface area contributed by atoms with Crippen LogP contribution in [0.25, 0.3) is 0 Å². The van der Waals surface area contributed by atoms with Crippen molar-refractivity contribution in [1.29, 1.82) is 0 Å². The SMILES string of the molecule is O=S([O-])c1cc(Cl)ccc1Cl. The number of benzene rings is 1. The molecule has 2 nitrogen and oxygen atoms in total. The molecule has 0 N–H and O–H groups in total. The first-order chi connectivity index (χ1) is 5.11. The number of hydrogen-bond acceptors (Lipinski definition) is 2. The molecule has 11 heavy (non-hydrogen) atoms. The molecule has 1 unspecified atom stereocenters. The van der Waals surface area contributed by atoms with Crippen LogP contribution in [0.1, 0.15) is 0 Å². The lowest BCUT2D eigenvalue weighted by molar-refractivity contribution is 0.537. The van der Waals surface area contributed by atoms with E-state index in [1.54, 1.807) is 0 Å². The second-order valence-electron chi connectivity index (χ2n) is 1.81. The average molecular weight is 210 g/mol. The molecule has 0 aromatic heterocycles. The number of hydrogen-bond donors (Lipinski definition) is 0. The summed E-state index contributed by atoms with van der Waals surface area (Å²) >= 11 is 8.75. The molecule has 0 aliphatic rings. The first-order valence-corrected chi connectivity index (χ1v) is 4.48. The largest absolute Gasteiger partial charge is 0.768 e. The third kappa shape index (κ3) is 2.17. The molecule has 0 radical (unpaired) electrons. The van der Waals surface area contributed by atoms with Gasteiger partial charge in [0, 0.05) is 9.92 Å². The van der Waals surface area contributed by atoms with Gasteiger partial charge in [-0.25, -0.2) is 0 Å². The second kappa shape index (κ2) is 3.54. The van der Waals surface area contributed by atoms with Gasteiger partial charge in [-0.05, 0) is 29.3 Å². The molecule has 0 fully saturated rings.